The molecule has 0 saturated carbocycles. The molecule has 1 N–H and O–H groups in total. The van der Waals surface area contributed by atoms with Crippen LogP contribution in [-0.4, -0.2) is 25.0 Å². The van der Waals surface area contributed by atoms with E-state index in [2.05, 4.69) is 14.1 Å². The summed E-state index contributed by atoms with van der Waals surface area (Å²) in [4.78, 5) is 17.6. The summed E-state index contributed by atoms with van der Waals surface area (Å²) in [7, 11) is 0. The fourth-order valence-corrected chi connectivity index (χ4v) is 4.60. The molecule has 2 aliphatic rings. The van der Waals surface area contributed by atoms with Gasteiger partial charge in [-0.3, -0.25) is 4.79 Å². The first-order valence-electron chi connectivity index (χ1n) is 8.99. The van der Waals surface area contributed by atoms with Crippen LogP contribution in [0.1, 0.15) is 46.4 Å². The maximum atomic E-state index is 13.3. The van der Waals surface area contributed by atoms with Crippen LogP contribution in [0, 0.1) is 12.8 Å². The molecule has 2 atom stereocenters. The minimum absolute atomic E-state index is 0.00576. The second-order valence-electron chi connectivity index (χ2n) is 7.25. The van der Waals surface area contributed by atoms with Gasteiger partial charge >= 0.3 is 0 Å². The molecule has 128 valence electrons. The second-order valence-corrected chi connectivity index (χ2v) is 7.25. The molecule has 0 fully saturated rings. The summed E-state index contributed by atoms with van der Waals surface area (Å²) in [6.45, 7) is 3.46. The number of hydrogen-bond donors (Lipinski definition) is 1. The lowest BCUT2D eigenvalue weighted by Crippen LogP contribution is -2.27. The van der Waals surface area contributed by atoms with E-state index in [4.69, 9.17) is 0 Å². The van der Waals surface area contributed by atoms with E-state index in [1.807, 2.05) is 31.3 Å². The predicted octanol–water partition coefficient (Wildman–Crippen LogP) is 3.03. The van der Waals surface area contributed by atoms with Crippen molar-refractivity contribution in [1.82, 2.24) is 14.1 Å². The van der Waals surface area contributed by atoms with Gasteiger partial charge < -0.3 is 14.2 Å². The molecule has 1 aliphatic heterocycles. The van der Waals surface area contributed by atoms with Gasteiger partial charge in [0.15, 0.2) is 5.78 Å². The first-order chi connectivity index (χ1) is 12.1. The lowest BCUT2D eigenvalue weighted by Gasteiger charge is -2.25. The van der Waals surface area contributed by atoms with E-state index in [9.17, 15) is 9.90 Å². The number of fused-ring (bicyclic) bond motifs is 3. The van der Waals surface area contributed by atoms with Crippen LogP contribution in [0.3, 0.4) is 0 Å². The number of Topliss-reactive ketones (excluding diaryl/α,β-unsaturated/α-hetero) is 1. The summed E-state index contributed by atoms with van der Waals surface area (Å²) in [5.74, 6) is 1.18. The number of benzene rings is 1. The lowest BCUT2D eigenvalue weighted by molar-refractivity contribution is 0.0887. The zero-order valence-electron chi connectivity index (χ0n) is 14.3. The normalized spacial score (nSPS) is 22.4. The maximum Gasteiger partial charge on any atom is 0.170 e. The van der Waals surface area contributed by atoms with Crippen molar-refractivity contribution < 1.29 is 9.90 Å². The van der Waals surface area contributed by atoms with E-state index in [1.165, 1.54) is 0 Å². The number of aliphatic hydroxyl groups is 1. The Balaban J connectivity index is 1.63. The molecule has 0 saturated heterocycles. The summed E-state index contributed by atoms with van der Waals surface area (Å²) < 4.78 is 4.35. The molecule has 1 aromatic carbocycles. The van der Waals surface area contributed by atoms with Crippen molar-refractivity contribution >= 4 is 16.7 Å². The van der Waals surface area contributed by atoms with Crippen LogP contribution in [0.15, 0.2) is 30.6 Å². The van der Waals surface area contributed by atoms with Crippen molar-refractivity contribution in [3.63, 3.8) is 0 Å². The number of carbonyl (C=O) groups is 1. The van der Waals surface area contributed by atoms with Crippen molar-refractivity contribution in [3.8, 4) is 0 Å². The van der Waals surface area contributed by atoms with Crippen LogP contribution in [0.4, 0.5) is 0 Å². The van der Waals surface area contributed by atoms with Crippen molar-refractivity contribution in [3.05, 3.63) is 53.2 Å². The Morgan fingerprint density at radius 2 is 2.20 bits per heavy atom. The van der Waals surface area contributed by atoms with Crippen molar-refractivity contribution in [2.24, 2.45) is 5.92 Å². The van der Waals surface area contributed by atoms with Gasteiger partial charge in [-0.2, -0.15) is 0 Å². The SMILES string of the molecule is Cc1nccn1C[C@@H]1CCc2c(c3cccc4c3n2CC[C@H]4O)C1=O. The van der Waals surface area contributed by atoms with Gasteiger partial charge in [0.05, 0.1) is 11.6 Å². The highest BCUT2D eigenvalue weighted by molar-refractivity contribution is 6.12. The van der Waals surface area contributed by atoms with E-state index >= 15 is 0 Å². The Morgan fingerprint density at radius 3 is 3.00 bits per heavy atom. The molecule has 0 radical (unpaired) electrons. The Morgan fingerprint density at radius 1 is 1.32 bits per heavy atom. The monoisotopic (exact) mass is 335 g/mol. The van der Waals surface area contributed by atoms with Crippen LogP contribution in [0.2, 0.25) is 0 Å². The number of hydrogen-bond acceptors (Lipinski definition) is 3. The number of para-hydroxylation sites is 1. The predicted molar refractivity (Wildman–Crippen MR) is 94.6 cm³/mol. The number of ketones is 1. The lowest BCUT2D eigenvalue weighted by atomic mass is 9.84. The molecule has 3 aromatic rings. The average Bonchev–Trinajstić information content (AvgIpc) is 3.16. The van der Waals surface area contributed by atoms with Gasteiger partial charge in [0.2, 0.25) is 0 Å². The number of rotatable bonds is 2. The van der Waals surface area contributed by atoms with Crippen LogP contribution in [-0.2, 0) is 19.5 Å². The standard InChI is InChI=1S/C20H21N3O2/c1-12-21-8-10-22(12)11-13-5-6-16-18(20(13)25)15-4-2-3-14-17(24)7-9-23(16)19(14)15/h2-4,8,10,13,17,24H,5-7,9,11H2,1H3/t13-,17+/m0/s1. The molecule has 5 rings (SSSR count). The summed E-state index contributed by atoms with van der Waals surface area (Å²) in [6.07, 6.45) is 5.83. The number of aryl methyl sites for hydroxylation is 2. The molecule has 3 heterocycles. The van der Waals surface area contributed by atoms with Gasteiger partial charge in [-0.25, -0.2) is 4.98 Å². The summed E-state index contributed by atoms with van der Waals surface area (Å²) in [5, 5.41) is 11.4. The Kier molecular flexibility index (Phi) is 3.16. The highest BCUT2D eigenvalue weighted by Crippen LogP contribution is 2.40. The molecule has 0 amide bonds. The fraction of sp³-hybridized carbons (Fsp3) is 0.400. The van der Waals surface area contributed by atoms with Gasteiger partial charge in [-0.05, 0) is 26.2 Å². The molecule has 0 unspecified atom stereocenters. The zero-order valence-corrected chi connectivity index (χ0v) is 14.3. The van der Waals surface area contributed by atoms with E-state index in [0.29, 0.717) is 6.54 Å². The van der Waals surface area contributed by atoms with Crippen LogP contribution >= 0.6 is 0 Å². The largest absolute Gasteiger partial charge is 0.388 e. The van der Waals surface area contributed by atoms with Gasteiger partial charge in [0, 0.05) is 53.6 Å². The first-order valence-corrected chi connectivity index (χ1v) is 8.99. The highest BCUT2D eigenvalue weighted by atomic mass is 16.3. The molecule has 5 nitrogen and oxygen atoms in total. The molecule has 0 spiro atoms. The maximum absolute atomic E-state index is 13.3. The minimum atomic E-state index is -0.424. The Bertz CT molecular complexity index is 998. The first kappa shape index (κ1) is 14.9. The molecular weight excluding hydrogens is 314 g/mol. The average molecular weight is 335 g/mol. The van der Waals surface area contributed by atoms with Crippen LogP contribution in [0.5, 0.6) is 0 Å². The Hall–Kier alpha value is -2.40. The number of aromatic nitrogens is 3. The Labute approximate surface area is 145 Å². The highest BCUT2D eigenvalue weighted by Gasteiger charge is 2.35. The van der Waals surface area contributed by atoms with Gasteiger partial charge in [0.1, 0.15) is 5.82 Å². The van der Waals surface area contributed by atoms with Gasteiger partial charge in [-0.1, -0.05) is 18.2 Å². The van der Waals surface area contributed by atoms with Crippen molar-refractivity contribution in [2.45, 2.75) is 45.4 Å². The quantitative estimate of drug-likeness (QED) is 0.783. The number of aliphatic hydroxyl groups excluding tert-OH is 1. The van der Waals surface area contributed by atoms with Crippen molar-refractivity contribution in [2.75, 3.05) is 0 Å². The molecule has 25 heavy (non-hydrogen) atoms. The molecule has 1 aliphatic carbocycles. The molecule has 2 aromatic heterocycles. The number of carbonyl (C=O) groups excluding carboxylic acids is 1. The fourth-order valence-electron chi connectivity index (χ4n) is 4.60. The molecular formula is C20H21N3O2. The van der Waals surface area contributed by atoms with E-state index < -0.39 is 6.10 Å². The van der Waals surface area contributed by atoms with Crippen LogP contribution in [0.25, 0.3) is 10.9 Å². The smallest absolute Gasteiger partial charge is 0.170 e. The third-order valence-corrected chi connectivity index (χ3v) is 5.89. The van der Waals surface area contributed by atoms with Crippen LogP contribution < -0.4 is 0 Å². The van der Waals surface area contributed by atoms with E-state index in [0.717, 1.165) is 59.4 Å². The van der Waals surface area contributed by atoms with Gasteiger partial charge in [-0.15, -0.1) is 0 Å². The summed E-state index contributed by atoms with van der Waals surface area (Å²) in [6, 6.07) is 5.99. The van der Waals surface area contributed by atoms with Crippen molar-refractivity contribution in [1.29, 1.82) is 0 Å². The van der Waals surface area contributed by atoms with E-state index in [-0.39, 0.29) is 11.7 Å². The molecule has 5 heteroatoms. The van der Waals surface area contributed by atoms with E-state index in [1.54, 1.807) is 6.20 Å². The van der Waals surface area contributed by atoms with Gasteiger partial charge in [0.25, 0.3) is 0 Å². The third-order valence-electron chi connectivity index (χ3n) is 5.89. The second kappa shape index (κ2) is 5.30. The zero-order chi connectivity index (χ0) is 17.1. The summed E-state index contributed by atoms with van der Waals surface area (Å²) in [5.41, 5.74) is 4.09. The minimum Gasteiger partial charge on any atom is -0.388 e. The third kappa shape index (κ3) is 2.05. The molecule has 0 bridgehead atoms. The number of imidazole rings is 1. The topological polar surface area (TPSA) is 60.1 Å². The summed E-state index contributed by atoms with van der Waals surface area (Å²) >= 11 is 0. The number of nitrogens with zero attached hydrogens (tertiary/aromatic N) is 3.